The van der Waals surface area contributed by atoms with Crippen LogP contribution in [0.1, 0.15) is 24.2 Å². The van der Waals surface area contributed by atoms with Crippen LogP contribution in [0.2, 0.25) is 0 Å². The Morgan fingerprint density at radius 1 is 1.12 bits per heavy atom. The van der Waals surface area contributed by atoms with Crippen molar-refractivity contribution < 1.29 is 0 Å². The molecule has 3 nitrogen and oxygen atoms in total. The lowest BCUT2D eigenvalue weighted by atomic mass is 10.1. The minimum absolute atomic E-state index is 0.290. The van der Waals surface area contributed by atoms with E-state index in [2.05, 4.69) is 22.2 Å². The molecule has 3 heteroatoms. The second-order valence-corrected chi connectivity index (χ2v) is 4.04. The van der Waals surface area contributed by atoms with E-state index in [-0.39, 0.29) is 6.04 Å². The van der Waals surface area contributed by atoms with Crippen molar-refractivity contribution in [3.63, 3.8) is 0 Å². The van der Waals surface area contributed by atoms with Crippen molar-refractivity contribution in [1.29, 1.82) is 0 Å². The molecule has 2 rings (SSSR count). The number of pyridine rings is 2. The Kier molecular flexibility index (Phi) is 4.22. The molecule has 2 heterocycles. The second kappa shape index (κ2) is 6.11. The Hall–Kier alpha value is -1.74. The molecule has 1 N–H and O–H groups in total. The van der Waals surface area contributed by atoms with Crippen molar-refractivity contribution in [2.75, 3.05) is 6.54 Å². The van der Waals surface area contributed by atoms with Gasteiger partial charge in [-0.15, -0.1) is 0 Å². The third kappa shape index (κ3) is 3.64. The van der Waals surface area contributed by atoms with Gasteiger partial charge >= 0.3 is 0 Å². The molecule has 0 bridgehead atoms. The topological polar surface area (TPSA) is 37.8 Å². The molecule has 0 saturated carbocycles. The van der Waals surface area contributed by atoms with E-state index in [1.807, 2.05) is 48.9 Å². The molecule has 17 heavy (non-hydrogen) atoms. The minimum atomic E-state index is 0.290. The zero-order chi connectivity index (χ0) is 11.9. The van der Waals surface area contributed by atoms with Gasteiger partial charge in [0.25, 0.3) is 0 Å². The maximum Gasteiger partial charge on any atom is 0.0570 e. The number of hydrogen-bond donors (Lipinski definition) is 1. The number of nitrogens with one attached hydrogen (secondary N) is 1. The van der Waals surface area contributed by atoms with Crippen LogP contribution >= 0.6 is 0 Å². The molecule has 2 aromatic rings. The highest BCUT2D eigenvalue weighted by atomic mass is 14.9. The zero-order valence-electron chi connectivity index (χ0n) is 10.0. The maximum atomic E-state index is 4.33. The Labute approximate surface area is 102 Å². The van der Waals surface area contributed by atoms with Gasteiger partial charge in [0.15, 0.2) is 0 Å². The van der Waals surface area contributed by atoms with Gasteiger partial charge in [-0.25, -0.2) is 0 Å². The number of rotatable bonds is 5. The van der Waals surface area contributed by atoms with Gasteiger partial charge in [-0.3, -0.25) is 9.97 Å². The molecule has 0 aliphatic heterocycles. The van der Waals surface area contributed by atoms with Crippen LogP contribution in [-0.4, -0.2) is 16.5 Å². The van der Waals surface area contributed by atoms with Gasteiger partial charge in [-0.05, 0) is 49.7 Å². The summed E-state index contributed by atoms with van der Waals surface area (Å²) in [5.74, 6) is 0. The summed E-state index contributed by atoms with van der Waals surface area (Å²) in [6.07, 6.45) is 6.51. The molecule has 0 unspecified atom stereocenters. The smallest absolute Gasteiger partial charge is 0.0570 e. The summed E-state index contributed by atoms with van der Waals surface area (Å²) >= 11 is 0. The SMILES string of the molecule is C[C@H](NCCc1ccncc1)c1ccccn1. The van der Waals surface area contributed by atoms with Crippen LogP contribution in [0.5, 0.6) is 0 Å². The summed E-state index contributed by atoms with van der Waals surface area (Å²) < 4.78 is 0. The van der Waals surface area contributed by atoms with Gasteiger partial charge in [0.1, 0.15) is 0 Å². The second-order valence-electron chi connectivity index (χ2n) is 4.04. The average Bonchev–Trinajstić information content (AvgIpc) is 2.41. The fourth-order valence-corrected chi connectivity index (χ4v) is 1.72. The van der Waals surface area contributed by atoms with E-state index in [1.54, 1.807) is 0 Å². The summed E-state index contributed by atoms with van der Waals surface area (Å²) in [6, 6.07) is 10.4. The van der Waals surface area contributed by atoms with Crippen LogP contribution in [-0.2, 0) is 6.42 Å². The lowest BCUT2D eigenvalue weighted by Gasteiger charge is -2.12. The summed E-state index contributed by atoms with van der Waals surface area (Å²) in [4.78, 5) is 8.34. The van der Waals surface area contributed by atoms with Crippen LogP contribution in [0.4, 0.5) is 0 Å². The maximum absolute atomic E-state index is 4.33. The predicted octanol–water partition coefficient (Wildman–Crippen LogP) is 2.37. The van der Waals surface area contributed by atoms with E-state index >= 15 is 0 Å². The third-order valence-corrected chi connectivity index (χ3v) is 2.74. The van der Waals surface area contributed by atoms with Crippen LogP contribution in [0.25, 0.3) is 0 Å². The van der Waals surface area contributed by atoms with E-state index in [0.29, 0.717) is 0 Å². The minimum Gasteiger partial charge on any atom is -0.309 e. The molecule has 0 amide bonds. The standard InChI is InChI=1S/C14H17N3/c1-12(14-4-2-3-8-17-14)16-11-7-13-5-9-15-10-6-13/h2-6,8-10,12,16H,7,11H2,1H3/t12-/m0/s1. The van der Waals surface area contributed by atoms with Crippen molar-refractivity contribution in [2.45, 2.75) is 19.4 Å². The first kappa shape index (κ1) is 11.7. The predicted molar refractivity (Wildman–Crippen MR) is 68.6 cm³/mol. The highest BCUT2D eigenvalue weighted by molar-refractivity contribution is 5.11. The molecule has 1 atom stereocenters. The van der Waals surface area contributed by atoms with E-state index in [4.69, 9.17) is 0 Å². The quantitative estimate of drug-likeness (QED) is 0.852. The van der Waals surface area contributed by atoms with Gasteiger partial charge in [0, 0.05) is 24.6 Å². The van der Waals surface area contributed by atoms with Gasteiger partial charge in [0.05, 0.1) is 5.69 Å². The van der Waals surface area contributed by atoms with Gasteiger partial charge in [-0.1, -0.05) is 6.07 Å². The van der Waals surface area contributed by atoms with E-state index in [0.717, 1.165) is 18.7 Å². The molecular formula is C14H17N3. The molecule has 0 spiro atoms. The van der Waals surface area contributed by atoms with Crippen molar-refractivity contribution in [2.24, 2.45) is 0 Å². The lowest BCUT2D eigenvalue weighted by Crippen LogP contribution is -2.22. The molecule has 0 aliphatic rings. The molecular weight excluding hydrogens is 210 g/mol. The molecule has 0 fully saturated rings. The monoisotopic (exact) mass is 227 g/mol. The van der Waals surface area contributed by atoms with Crippen LogP contribution in [0.3, 0.4) is 0 Å². The van der Waals surface area contributed by atoms with Crippen LogP contribution in [0.15, 0.2) is 48.9 Å². The number of aromatic nitrogens is 2. The summed E-state index contributed by atoms with van der Waals surface area (Å²) in [6.45, 7) is 3.08. The van der Waals surface area contributed by atoms with Gasteiger partial charge in [-0.2, -0.15) is 0 Å². The molecule has 0 saturated heterocycles. The van der Waals surface area contributed by atoms with Crippen LogP contribution < -0.4 is 5.32 Å². The molecule has 0 aliphatic carbocycles. The number of hydrogen-bond acceptors (Lipinski definition) is 3. The van der Waals surface area contributed by atoms with Crippen molar-refractivity contribution in [3.8, 4) is 0 Å². The molecule has 0 aromatic carbocycles. The molecule has 0 radical (unpaired) electrons. The lowest BCUT2D eigenvalue weighted by molar-refractivity contribution is 0.564. The summed E-state index contributed by atoms with van der Waals surface area (Å²) in [7, 11) is 0. The first-order valence-electron chi connectivity index (χ1n) is 5.89. The van der Waals surface area contributed by atoms with Gasteiger partial charge in [0.2, 0.25) is 0 Å². The number of nitrogens with zero attached hydrogens (tertiary/aromatic N) is 2. The van der Waals surface area contributed by atoms with Crippen molar-refractivity contribution in [3.05, 3.63) is 60.2 Å². The Balaban J connectivity index is 1.79. The van der Waals surface area contributed by atoms with Gasteiger partial charge < -0.3 is 5.32 Å². The highest BCUT2D eigenvalue weighted by Gasteiger charge is 2.04. The summed E-state index contributed by atoms with van der Waals surface area (Å²) in [5, 5.41) is 3.46. The van der Waals surface area contributed by atoms with E-state index < -0.39 is 0 Å². The van der Waals surface area contributed by atoms with Crippen molar-refractivity contribution >= 4 is 0 Å². The van der Waals surface area contributed by atoms with Crippen LogP contribution in [0, 0.1) is 0 Å². The van der Waals surface area contributed by atoms with E-state index in [1.165, 1.54) is 5.56 Å². The Morgan fingerprint density at radius 3 is 2.65 bits per heavy atom. The Morgan fingerprint density at radius 2 is 1.94 bits per heavy atom. The van der Waals surface area contributed by atoms with E-state index in [9.17, 15) is 0 Å². The largest absolute Gasteiger partial charge is 0.309 e. The Bertz CT molecular complexity index is 428. The average molecular weight is 227 g/mol. The molecule has 2 aromatic heterocycles. The third-order valence-electron chi connectivity index (χ3n) is 2.74. The first-order chi connectivity index (χ1) is 8.36. The highest BCUT2D eigenvalue weighted by Crippen LogP contribution is 2.07. The summed E-state index contributed by atoms with van der Waals surface area (Å²) in [5.41, 5.74) is 2.39. The fraction of sp³-hybridized carbons (Fsp3) is 0.286. The first-order valence-corrected chi connectivity index (χ1v) is 5.89. The zero-order valence-corrected chi connectivity index (χ0v) is 10.0. The normalized spacial score (nSPS) is 12.3. The van der Waals surface area contributed by atoms with Crippen molar-refractivity contribution in [1.82, 2.24) is 15.3 Å². The fourth-order valence-electron chi connectivity index (χ4n) is 1.72. The molecule has 88 valence electrons.